The molecule has 0 bridgehead atoms. The minimum Gasteiger partial charge on any atom is -0.443 e. The highest BCUT2D eigenvalue weighted by Crippen LogP contribution is 2.87. The molecule has 278 valence electrons. The van der Waals surface area contributed by atoms with Gasteiger partial charge in [0, 0.05) is 19.1 Å². The predicted molar refractivity (Wildman–Crippen MR) is 186 cm³/mol. The quantitative estimate of drug-likeness (QED) is 0.320. The summed E-state index contributed by atoms with van der Waals surface area (Å²) >= 11 is 0. The van der Waals surface area contributed by atoms with E-state index in [9.17, 15) is 9.90 Å². The van der Waals surface area contributed by atoms with E-state index in [0.29, 0.717) is 12.0 Å². The third-order valence-electron chi connectivity index (χ3n) is 16.7. The number of amides is 1. The Kier molecular flexibility index (Phi) is 8.59. The summed E-state index contributed by atoms with van der Waals surface area (Å²) in [4.78, 5) is 14.5. The largest absolute Gasteiger partial charge is 0.443 e. The number of rotatable bonds is 6. The van der Waals surface area contributed by atoms with Crippen molar-refractivity contribution in [3.63, 3.8) is 0 Å². The van der Waals surface area contributed by atoms with Crippen molar-refractivity contribution in [2.75, 3.05) is 32.8 Å². The van der Waals surface area contributed by atoms with Crippen molar-refractivity contribution < 1.29 is 28.8 Å². The van der Waals surface area contributed by atoms with Crippen molar-refractivity contribution in [1.29, 1.82) is 0 Å². The molecule has 10 heteroatoms. The molecule has 0 aromatic carbocycles. The van der Waals surface area contributed by atoms with E-state index < -0.39 is 23.8 Å². The number of piperidine rings is 1. The number of nitrogens with two attached hydrogens (primary N) is 2. The van der Waals surface area contributed by atoms with Crippen LogP contribution in [0.5, 0.6) is 0 Å². The first-order valence-corrected chi connectivity index (χ1v) is 20.0. The standard InChI is InChI=1S/C39H66N4O6/c1-22(2)31(49-34(40)45)25-19-23(3)30-32(47-25)33(44)39(41)27-8-7-26-35(4,5)28(9-12-37(26)21-38(27,37)14-13-36(30,39)6)48-29-20-43(17-18-46-29)24-10-15-42-16-11-24/h22-33,42,44H,7-21,41H2,1-6H3,(H2,40,45)/t23-,25?,26?,27?,28?,29?,30+,31?,32?,33+,36?,37?,38?,39+/m1/s1. The minimum atomic E-state index is -0.772. The Balaban J connectivity index is 1.01. The van der Waals surface area contributed by atoms with Crippen LogP contribution in [-0.2, 0) is 18.9 Å². The van der Waals surface area contributed by atoms with Crippen LogP contribution in [0.15, 0.2) is 0 Å². The van der Waals surface area contributed by atoms with Gasteiger partial charge < -0.3 is 40.8 Å². The number of nitrogens with zero attached hydrogens (tertiary/aromatic N) is 1. The SMILES string of the molecule is CC(C)C(OC(N)=O)C1C[C@@H](C)[C@H]2C(O1)[C@H](O)[C@@]1(N)C3CCC4C(C)(C)C(OC5CN(C6CCNCC6)CCO5)CCC45CC35CCC21C. The number of nitrogens with one attached hydrogen (secondary N) is 1. The topological polar surface area (TPSA) is 142 Å². The summed E-state index contributed by atoms with van der Waals surface area (Å²) in [7, 11) is 0. The maximum absolute atomic E-state index is 12.5. The van der Waals surface area contributed by atoms with Crippen LogP contribution in [0.3, 0.4) is 0 Å². The molecule has 5 aliphatic carbocycles. The van der Waals surface area contributed by atoms with Gasteiger partial charge in [0.05, 0.1) is 36.6 Å². The summed E-state index contributed by atoms with van der Waals surface area (Å²) in [5, 5.41) is 16.0. The van der Waals surface area contributed by atoms with E-state index in [4.69, 9.17) is 30.4 Å². The van der Waals surface area contributed by atoms with Crippen LogP contribution >= 0.6 is 0 Å². The van der Waals surface area contributed by atoms with Crippen molar-refractivity contribution in [1.82, 2.24) is 10.2 Å². The van der Waals surface area contributed by atoms with Gasteiger partial charge in [-0.2, -0.15) is 0 Å². The monoisotopic (exact) mass is 686 g/mol. The van der Waals surface area contributed by atoms with Crippen molar-refractivity contribution in [3.05, 3.63) is 0 Å². The van der Waals surface area contributed by atoms with Crippen molar-refractivity contribution in [2.24, 2.45) is 62.7 Å². The third kappa shape index (κ3) is 4.92. The van der Waals surface area contributed by atoms with Gasteiger partial charge in [-0.3, -0.25) is 4.90 Å². The van der Waals surface area contributed by atoms with Gasteiger partial charge >= 0.3 is 6.09 Å². The molecule has 3 saturated heterocycles. The number of hydrogen-bond acceptors (Lipinski definition) is 9. The zero-order valence-corrected chi connectivity index (χ0v) is 31.1. The molecule has 3 aliphatic heterocycles. The molecule has 14 atom stereocenters. The van der Waals surface area contributed by atoms with Crippen LogP contribution in [0, 0.1) is 51.2 Å². The molecular weight excluding hydrogens is 620 g/mol. The molecule has 6 N–H and O–H groups in total. The average molecular weight is 687 g/mol. The van der Waals surface area contributed by atoms with Gasteiger partial charge in [-0.15, -0.1) is 0 Å². The Morgan fingerprint density at radius 1 is 1.02 bits per heavy atom. The van der Waals surface area contributed by atoms with Gasteiger partial charge in [0.2, 0.25) is 0 Å². The second-order valence-corrected chi connectivity index (χ2v) is 19.3. The molecule has 5 saturated carbocycles. The first-order valence-electron chi connectivity index (χ1n) is 20.0. The second-order valence-electron chi connectivity index (χ2n) is 19.3. The van der Waals surface area contributed by atoms with Crippen molar-refractivity contribution in [3.8, 4) is 0 Å². The minimum absolute atomic E-state index is 0.0367. The molecule has 8 fully saturated rings. The molecule has 3 heterocycles. The van der Waals surface area contributed by atoms with E-state index in [1.807, 2.05) is 13.8 Å². The first kappa shape index (κ1) is 35.0. The number of morpholine rings is 1. The molecule has 2 spiro atoms. The number of primary amides is 1. The molecule has 0 aromatic heterocycles. The third-order valence-corrected chi connectivity index (χ3v) is 16.7. The highest BCUT2D eigenvalue weighted by molar-refractivity contribution is 5.64. The molecule has 10 nitrogen and oxygen atoms in total. The molecule has 0 aromatic rings. The van der Waals surface area contributed by atoms with E-state index >= 15 is 0 Å². The molecule has 10 unspecified atom stereocenters. The van der Waals surface area contributed by atoms with Gasteiger partial charge in [-0.1, -0.05) is 41.5 Å². The van der Waals surface area contributed by atoms with Crippen molar-refractivity contribution in [2.45, 2.75) is 154 Å². The van der Waals surface area contributed by atoms with Crippen LogP contribution in [-0.4, -0.2) is 97.3 Å². The van der Waals surface area contributed by atoms with Crippen LogP contribution in [0.2, 0.25) is 0 Å². The Labute approximate surface area is 294 Å². The Hall–Kier alpha value is -1.01. The Morgan fingerprint density at radius 2 is 1.73 bits per heavy atom. The van der Waals surface area contributed by atoms with E-state index in [1.54, 1.807) is 0 Å². The summed E-state index contributed by atoms with van der Waals surface area (Å²) in [5.41, 5.74) is 12.8. The van der Waals surface area contributed by atoms with Crippen LogP contribution in [0.25, 0.3) is 0 Å². The van der Waals surface area contributed by atoms with Gasteiger partial charge in [0.1, 0.15) is 6.10 Å². The lowest BCUT2D eigenvalue weighted by Gasteiger charge is -2.63. The molecule has 8 rings (SSSR count). The number of aliphatic hydroxyl groups excluding tert-OH is 1. The van der Waals surface area contributed by atoms with E-state index in [-0.39, 0.29) is 69.9 Å². The zero-order chi connectivity index (χ0) is 34.7. The summed E-state index contributed by atoms with van der Waals surface area (Å²) in [5.74, 6) is 1.33. The van der Waals surface area contributed by atoms with Gasteiger partial charge in [0.15, 0.2) is 6.29 Å². The molecule has 1 amide bonds. The van der Waals surface area contributed by atoms with Gasteiger partial charge in [-0.25, -0.2) is 4.79 Å². The number of carbonyl (C=O) groups is 1. The molecule has 8 aliphatic rings. The number of fused-ring (bicyclic) bond motifs is 4. The molecule has 49 heavy (non-hydrogen) atoms. The summed E-state index contributed by atoms with van der Waals surface area (Å²) < 4.78 is 25.7. The number of hydrogen-bond donors (Lipinski definition) is 4. The lowest BCUT2D eigenvalue weighted by molar-refractivity contribution is -0.249. The predicted octanol–water partition coefficient (Wildman–Crippen LogP) is 4.41. The van der Waals surface area contributed by atoms with Gasteiger partial charge in [-0.05, 0) is 129 Å². The molecular formula is C39H66N4O6. The number of carbonyl (C=O) groups excluding carboxylic acids is 1. The molecule has 0 radical (unpaired) electrons. The fraction of sp³-hybridized carbons (Fsp3) is 0.974. The fourth-order valence-corrected chi connectivity index (χ4v) is 14.6. The van der Waals surface area contributed by atoms with Gasteiger partial charge in [0.25, 0.3) is 0 Å². The van der Waals surface area contributed by atoms with Crippen LogP contribution < -0.4 is 16.8 Å². The number of aliphatic hydroxyl groups is 1. The Morgan fingerprint density at radius 3 is 2.45 bits per heavy atom. The Bertz CT molecular complexity index is 1280. The zero-order valence-electron chi connectivity index (χ0n) is 31.1. The summed E-state index contributed by atoms with van der Waals surface area (Å²) in [6.45, 7) is 18.5. The van der Waals surface area contributed by atoms with E-state index in [1.165, 1.54) is 32.1 Å². The van der Waals surface area contributed by atoms with E-state index in [0.717, 1.165) is 64.9 Å². The first-order chi connectivity index (χ1) is 23.2. The summed E-state index contributed by atoms with van der Waals surface area (Å²) in [6, 6.07) is 0.634. The fourth-order valence-electron chi connectivity index (χ4n) is 14.6. The lowest BCUT2D eigenvalue weighted by Crippen LogP contribution is -2.70. The van der Waals surface area contributed by atoms with Crippen molar-refractivity contribution >= 4 is 6.09 Å². The van der Waals surface area contributed by atoms with Crippen LogP contribution in [0.1, 0.15) is 106 Å². The lowest BCUT2D eigenvalue weighted by atomic mass is 9.43. The smallest absolute Gasteiger partial charge is 0.404 e. The maximum atomic E-state index is 12.5. The second kappa shape index (κ2) is 12.0. The summed E-state index contributed by atoms with van der Waals surface area (Å²) in [6.07, 6.45) is 8.42. The number of ether oxygens (including phenoxy) is 4. The van der Waals surface area contributed by atoms with E-state index in [2.05, 4.69) is 37.9 Å². The maximum Gasteiger partial charge on any atom is 0.404 e. The highest BCUT2D eigenvalue weighted by Gasteiger charge is 2.85. The highest BCUT2D eigenvalue weighted by atomic mass is 16.7. The van der Waals surface area contributed by atoms with Crippen LogP contribution in [0.4, 0.5) is 4.79 Å². The average Bonchev–Trinajstić information content (AvgIpc) is 3.70. The normalized spacial score (nSPS) is 51.5.